The van der Waals surface area contributed by atoms with E-state index in [-0.39, 0.29) is 17.9 Å². The third-order valence-electron chi connectivity index (χ3n) is 3.97. The van der Waals surface area contributed by atoms with Crippen LogP contribution < -0.4 is 10.6 Å². The highest BCUT2D eigenvalue weighted by Crippen LogP contribution is 2.31. The standard InChI is InChI=1S/C16H22N2O3/c1-16(2,3)13(17)14(19)18-9-11(15(20)21)8-10-6-4-5-7-12(10)18/h4-7,11,13H,8-9,17H2,1-3H3,(H,20,21)/t11?,13-/m0/s1. The fraction of sp³-hybridized carbons (Fsp3) is 0.500. The first-order valence-corrected chi connectivity index (χ1v) is 7.09. The second kappa shape index (κ2) is 5.48. The van der Waals surface area contributed by atoms with Gasteiger partial charge in [0, 0.05) is 12.2 Å². The second-order valence-electron chi connectivity index (χ2n) is 6.66. The number of fused-ring (bicyclic) bond motifs is 1. The molecule has 5 heteroatoms. The number of nitrogens with zero attached hydrogens (tertiary/aromatic N) is 1. The van der Waals surface area contributed by atoms with Crippen molar-refractivity contribution in [2.45, 2.75) is 33.2 Å². The Bertz CT molecular complexity index is 563. The Kier molecular flexibility index (Phi) is 4.05. The van der Waals surface area contributed by atoms with E-state index in [2.05, 4.69) is 0 Å². The van der Waals surface area contributed by atoms with Gasteiger partial charge >= 0.3 is 5.97 Å². The summed E-state index contributed by atoms with van der Waals surface area (Å²) in [5.74, 6) is -1.69. The van der Waals surface area contributed by atoms with Crippen LogP contribution in [0.3, 0.4) is 0 Å². The highest BCUT2D eigenvalue weighted by atomic mass is 16.4. The van der Waals surface area contributed by atoms with Crippen molar-refractivity contribution < 1.29 is 14.7 Å². The van der Waals surface area contributed by atoms with Crippen molar-refractivity contribution in [2.75, 3.05) is 11.4 Å². The lowest BCUT2D eigenvalue weighted by molar-refractivity contribution is -0.141. The smallest absolute Gasteiger partial charge is 0.308 e. The van der Waals surface area contributed by atoms with E-state index >= 15 is 0 Å². The number of carboxylic acids is 1. The molecule has 1 aliphatic heterocycles. The zero-order chi connectivity index (χ0) is 15.8. The summed E-state index contributed by atoms with van der Waals surface area (Å²) in [7, 11) is 0. The zero-order valence-corrected chi connectivity index (χ0v) is 12.7. The fourth-order valence-electron chi connectivity index (χ4n) is 2.51. The van der Waals surface area contributed by atoms with Gasteiger partial charge in [0.15, 0.2) is 0 Å². The van der Waals surface area contributed by atoms with Gasteiger partial charge in [0.1, 0.15) is 0 Å². The Balaban J connectivity index is 2.38. The first-order valence-electron chi connectivity index (χ1n) is 7.09. The quantitative estimate of drug-likeness (QED) is 0.867. The van der Waals surface area contributed by atoms with Gasteiger partial charge in [0.25, 0.3) is 0 Å². The number of amides is 1. The molecule has 5 nitrogen and oxygen atoms in total. The van der Waals surface area contributed by atoms with Crippen LogP contribution in [0, 0.1) is 11.3 Å². The van der Waals surface area contributed by atoms with Crippen molar-refractivity contribution in [3.63, 3.8) is 0 Å². The van der Waals surface area contributed by atoms with Crippen LogP contribution in [0.2, 0.25) is 0 Å². The van der Waals surface area contributed by atoms with Gasteiger partial charge in [-0.05, 0) is 23.5 Å². The lowest BCUT2D eigenvalue weighted by Gasteiger charge is -2.37. The minimum absolute atomic E-state index is 0.176. The molecule has 1 unspecified atom stereocenters. The van der Waals surface area contributed by atoms with Crippen LogP contribution in [0.1, 0.15) is 26.3 Å². The van der Waals surface area contributed by atoms with Gasteiger partial charge in [-0.3, -0.25) is 9.59 Å². The molecule has 0 saturated heterocycles. The van der Waals surface area contributed by atoms with Crippen LogP contribution in [-0.2, 0) is 16.0 Å². The molecule has 2 rings (SSSR count). The molecule has 114 valence electrons. The molecule has 1 aliphatic rings. The number of carbonyl (C=O) groups excluding carboxylic acids is 1. The Morgan fingerprint density at radius 1 is 1.33 bits per heavy atom. The molecular weight excluding hydrogens is 268 g/mol. The molecule has 0 radical (unpaired) electrons. The largest absolute Gasteiger partial charge is 0.481 e. The highest BCUT2D eigenvalue weighted by molar-refractivity contribution is 5.99. The normalized spacial score (nSPS) is 19.8. The van der Waals surface area contributed by atoms with Crippen LogP contribution in [0.25, 0.3) is 0 Å². The molecule has 2 atom stereocenters. The van der Waals surface area contributed by atoms with E-state index < -0.39 is 17.9 Å². The second-order valence-corrected chi connectivity index (χ2v) is 6.66. The van der Waals surface area contributed by atoms with Gasteiger partial charge < -0.3 is 15.7 Å². The lowest BCUT2D eigenvalue weighted by atomic mass is 9.85. The van der Waals surface area contributed by atoms with Crippen LogP contribution in [-0.4, -0.2) is 29.6 Å². The predicted octanol–water partition coefficient (Wildman–Crippen LogP) is 1.65. The molecule has 0 fully saturated rings. The number of benzene rings is 1. The van der Waals surface area contributed by atoms with Crippen molar-refractivity contribution >= 4 is 17.6 Å². The lowest BCUT2D eigenvalue weighted by Crippen LogP contribution is -2.53. The molecule has 1 aromatic carbocycles. The van der Waals surface area contributed by atoms with Crippen molar-refractivity contribution in [2.24, 2.45) is 17.1 Å². The Hall–Kier alpha value is -1.88. The maximum absolute atomic E-state index is 12.7. The average Bonchev–Trinajstić information content (AvgIpc) is 2.43. The van der Waals surface area contributed by atoms with Crippen molar-refractivity contribution in [3.8, 4) is 0 Å². The number of hydrogen-bond acceptors (Lipinski definition) is 3. The zero-order valence-electron chi connectivity index (χ0n) is 12.7. The number of carbonyl (C=O) groups is 2. The summed E-state index contributed by atoms with van der Waals surface area (Å²) in [6.45, 7) is 5.88. The number of para-hydroxylation sites is 1. The third kappa shape index (κ3) is 3.08. The number of rotatable bonds is 2. The van der Waals surface area contributed by atoms with Crippen molar-refractivity contribution in [1.82, 2.24) is 0 Å². The summed E-state index contributed by atoms with van der Waals surface area (Å²) in [6.07, 6.45) is 0.444. The van der Waals surface area contributed by atoms with Crippen LogP contribution in [0.5, 0.6) is 0 Å². The molecule has 1 aromatic rings. The SMILES string of the molecule is CC(C)(C)[C@@H](N)C(=O)N1CC(C(=O)O)Cc2ccccc21. The Labute approximate surface area is 124 Å². The Morgan fingerprint density at radius 3 is 2.52 bits per heavy atom. The maximum atomic E-state index is 12.7. The van der Waals surface area contributed by atoms with E-state index in [4.69, 9.17) is 5.73 Å². The van der Waals surface area contributed by atoms with Gasteiger partial charge in [-0.25, -0.2) is 0 Å². The van der Waals surface area contributed by atoms with Crippen LogP contribution in [0.4, 0.5) is 5.69 Å². The summed E-state index contributed by atoms with van der Waals surface area (Å²) in [5, 5.41) is 9.29. The molecule has 21 heavy (non-hydrogen) atoms. The number of anilines is 1. The first kappa shape index (κ1) is 15.5. The minimum atomic E-state index is -0.883. The summed E-state index contributed by atoms with van der Waals surface area (Å²) in [4.78, 5) is 25.5. The number of carboxylic acid groups (broad SMARTS) is 1. The fourth-order valence-corrected chi connectivity index (χ4v) is 2.51. The summed E-state index contributed by atoms with van der Waals surface area (Å²) < 4.78 is 0. The minimum Gasteiger partial charge on any atom is -0.481 e. The molecule has 0 saturated carbocycles. The monoisotopic (exact) mass is 290 g/mol. The van der Waals surface area contributed by atoms with E-state index in [1.165, 1.54) is 4.90 Å². The van der Waals surface area contributed by atoms with Gasteiger partial charge in [-0.15, -0.1) is 0 Å². The molecule has 1 amide bonds. The van der Waals surface area contributed by atoms with Crippen molar-refractivity contribution in [1.29, 1.82) is 0 Å². The molecular formula is C16H22N2O3. The predicted molar refractivity (Wildman–Crippen MR) is 81.1 cm³/mol. The Morgan fingerprint density at radius 2 is 1.95 bits per heavy atom. The topological polar surface area (TPSA) is 83.6 Å². The van der Waals surface area contributed by atoms with Gasteiger partial charge in [-0.1, -0.05) is 39.0 Å². The van der Waals surface area contributed by atoms with E-state index in [1.54, 1.807) is 0 Å². The van der Waals surface area contributed by atoms with E-state index in [0.29, 0.717) is 6.42 Å². The van der Waals surface area contributed by atoms with Gasteiger partial charge in [-0.2, -0.15) is 0 Å². The number of nitrogens with two attached hydrogens (primary N) is 1. The van der Waals surface area contributed by atoms with Gasteiger partial charge in [0.2, 0.25) is 5.91 Å². The highest BCUT2D eigenvalue weighted by Gasteiger charge is 2.37. The molecule has 3 N–H and O–H groups in total. The summed E-state index contributed by atoms with van der Waals surface area (Å²) in [5.41, 5.74) is 7.35. The third-order valence-corrected chi connectivity index (χ3v) is 3.97. The maximum Gasteiger partial charge on any atom is 0.308 e. The first-order chi connectivity index (χ1) is 9.71. The van der Waals surface area contributed by atoms with E-state index in [0.717, 1.165) is 11.3 Å². The summed E-state index contributed by atoms with van der Waals surface area (Å²) in [6, 6.07) is 6.75. The van der Waals surface area contributed by atoms with Crippen molar-refractivity contribution in [3.05, 3.63) is 29.8 Å². The van der Waals surface area contributed by atoms with E-state index in [1.807, 2.05) is 45.0 Å². The molecule has 0 aromatic heterocycles. The van der Waals surface area contributed by atoms with Gasteiger partial charge in [0.05, 0.1) is 12.0 Å². The van der Waals surface area contributed by atoms with Crippen LogP contribution >= 0.6 is 0 Å². The molecule has 0 spiro atoms. The molecule has 0 bridgehead atoms. The number of hydrogen-bond donors (Lipinski definition) is 2. The molecule has 0 aliphatic carbocycles. The molecule has 1 heterocycles. The summed E-state index contributed by atoms with van der Waals surface area (Å²) >= 11 is 0. The average molecular weight is 290 g/mol. The van der Waals surface area contributed by atoms with Crippen LogP contribution in [0.15, 0.2) is 24.3 Å². The van der Waals surface area contributed by atoms with E-state index in [9.17, 15) is 14.7 Å². The number of aliphatic carboxylic acids is 1.